The third-order valence-corrected chi connectivity index (χ3v) is 5.45. The van der Waals surface area contributed by atoms with Crippen LogP contribution in [0, 0.1) is 6.92 Å². The summed E-state index contributed by atoms with van der Waals surface area (Å²) in [6, 6.07) is 12.9. The molecular weight excluding hydrogens is 353 g/mol. The van der Waals surface area contributed by atoms with Gasteiger partial charge in [0.2, 0.25) is 0 Å². The Bertz CT molecular complexity index is 826. The Morgan fingerprint density at radius 2 is 1.56 bits per heavy atom. The number of hydrogen-bond acceptors (Lipinski definition) is 3. The summed E-state index contributed by atoms with van der Waals surface area (Å²) < 4.78 is 64.3. The molecule has 3 nitrogen and oxygen atoms in total. The first-order valence-electron chi connectivity index (χ1n) is 7.52. The molecule has 0 radical (unpaired) electrons. The van der Waals surface area contributed by atoms with Crippen LogP contribution in [0.3, 0.4) is 0 Å². The van der Waals surface area contributed by atoms with Crippen molar-refractivity contribution in [2.45, 2.75) is 30.3 Å². The zero-order chi connectivity index (χ0) is 18.7. The van der Waals surface area contributed by atoms with E-state index in [-0.39, 0.29) is 10.5 Å². The Hall–Kier alpha value is -2.15. The van der Waals surface area contributed by atoms with Gasteiger partial charge in [0.15, 0.2) is 9.84 Å². The maximum absolute atomic E-state index is 13.3. The van der Waals surface area contributed by atoms with E-state index < -0.39 is 39.9 Å². The monoisotopic (exact) mass is 370 g/mol. The second-order valence-corrected chi connectivity index (χ2v) is 7.81. The lowest BCUT2D eigenvalue weighted by molar-refractivity contribution is -0.156. The molecule has 0 amide bonds. The van der Waals surface area contributed by atoms with E-state index in [0.29, 0.717) is 0 Å². The van der Waals surface area contributed by atoms with Gasteiger partial charge in [0.25, 0.3) is 0 Å². The molecule has 0 aliphatic rings. The number of carbonyl (C=O) groups is 1. The SMILES string of the molecule is Cc1ccc(C(CC(=O)CS(=O)(=O)c2ccccc2)C(F)(F)F)cc1. The second-order valence-electron chi connectivity index (χ2n) is 5.82. The van der Waals surface area contributed by atoms with Gasteiger partial charge < -0.3 is 0 Å². The summed E-state index contributed by atoms with van der Waals surface area (Å²) in [6.45, 7) is 1.74. The first kappa shape index (κ1) is 19.2. The van der Waals surface area contributed by atoms with E-state index in [1.165, 1.54) is 48.5 Å². The topological polar surface area (TPSA) is 51.2 Å². The summed E-state index contributed by atoms with van der Waals surface area (Å²) in [5, 5.41) is 0. The molecule has 1 unspecified atom stereocenters. The Morgan fingerprint density at radius 3 is 2.08 bits per heavy atom. The van der Waals surface area contributed by atoms with E-state index >= 15 is 0 Å². The van der Waals surface area contributed by atoms with E-state index in [1.807, 2.05) is 0 Å². The quantitative estimate of drug-likeness (QED) is 0.770. The minimum atomic E-state index is -4.64. The molecule has 2 aromatic carbocycles. The van der Waals surface area contributed by atoms with E-state index in [9.17, 15) is 26.4 Å². The highest BCUT2D eigenvalue weighted by Gasteiger charge is 2.42. The summed E-state index contributed by atoms with van der Waals surface area (Å²) in [5.74, 6) is -3.94. The smallest absolute Gasteiger partial charge is 0.299 e. The lowest BCUT2D eigenvalue weighted by Gasteiger charge is -2.20. The first-order chi connectivity index (χ1) is 11.6. The Balaban J connectivity index is 2.19. The molecule has 0 spiro atoms. The molecule has 0 saturated heterocycles. The van der Waals surface area contributed by atoms with Crippen LogP contribution in [0.4, 0.5) is 13.2 Å². The van der Waals surface area contributed by atoms with Crippen molar-refractivity contribution in [1.29, 1.82) is 0 Å². The van der Waals surface area contributed by atoms with Crippen molar-refractivity contribution in [3.05, 3.63) is 65.7 Å². The molecule has 0 bridgehead atoms. The summed E-state index contributed by atoms with van der Waals surface area (Å²) >= 11 is 0. The lowest BCUT2D eigenvalue weighted by Crippen LogP contribution is -2.26. The molecule has 0 heterocycles. The number of ketones is 1. The Labute approximate surface area is 144 Å². The van der Waals surface area contributed by atoms with Crippen molar-refractivity contribution in [2.24, 2.45) is 0 Å². The molecule has 1 atom stereocenters. The van der Waals surface area contributed by atoms with E-state index in [0.717, 1.165) is 5.56 Å². The number of alkyl halides is 3. The molecule has 2 aromatic rings. The van der Waals surface area contributed by atoms with E-state index in [2.05, 4.69) is 0 Å². The van der Waals surface area contributed by atoms with Gasteiger partial charge in [-0.1, -0.05) is 48.0 Å². The minimum absolute atomic E-state index is 0.0523. The van der Waals surface area contributed by atoms with Crippen molar-refractivity contribution in [1.82, 2.24) is 0 Å². The molecule has 2 rings (SSSR count). The van der Waals surface area contributed by atoms with Gasteiger partial charge >= 0.3 is 6.18 Å². The van der Waals surface area contributed by atoms with Gasteiger partial charge in [-0.05, 0) is 24.6 Å². The molecule has 0 aliphatic carbocycles. The van der Waals surface area contributed by atoms with Gasteiger partial charge in [-0.25, -0.2) is 8.42 Å². The highest BCUT2D eigenvalue weighted by molar-refractivity contribution is 7.92. The number of hydrogen-bond donors (Lipinski definition) is 0. The number of benzene rings is 2. The maximum Gasteiger partial charge on any atom is 0.396 e. The molecule has 134 valence electrons. The third kappa shape index (κ3) is 5.16. The molecule has 0 N–H and O–H groups in total. The largest absolute Gasteiger partial charge is 0.396 e. The molecule has 0 fully saturated rings. The highest BCUT2D eigenvalue weighted by Crippen LogP contribution is 2.37. The van der Waals surface area contributed by atoms with Crippen molar-refractivity contribution in [2.75, 3.05) is 5.75 Å². The van der Waals surface area contributed by atoms with E-state index in [1.54, 1.807) is 13.0 Å². The first-order valence-corrected chi connectivity index (χ1v) is 9.17. The molecular formula is C18H17F3O3S. The van der Waals surface area contributed by atoms with Crippen LogP contribution >= 0.6 is 0 Å². The van der Waals surface area contributed by atoms with Gasteiger partial charge in [0, 0.05) is 6.42 Å². The van der Waals surface area contributed by atoms with Crippen LogP contribution in [0.5, 0.6) is 0 Å². The van der Waals surface area contributed by atoms with Crippen LogP contribution < -0.4 is 0 Å². The van der Waals surface area contributed by atoms with Gasteiger partial charge in [-0.3, -0.25) is 4.79 Å². The fourth-order valence-electron chi connectivity index (χ4n) is 2.43. The number of sulfone groups is 1. The summed E-state index contributed by atoms with van der Waals surface area (Å²) in [5.41, 5.74) is 0.742. The van der Waals surface area contributed by atoms with Crippen LogP contribution in [-0.4, -0.2) is 26.1 Å². The van der Waals surface area contributed by atoms with Gasteiger partial charge in [0.1, 0.15) is 11.5 Å². The fraction of sp³-hybridized carbons (Fsp3) is 0.278. The minimum Gasteiger partial charge on any atom is -0.299 e. The fourth-order valence-corrected chi connectivity index (χ4v) is 3.71. The Morgan fingerprint density at radius 1 is 1.00 bits per heavy atom. The molecule has 0 aliphatic heterocycles. The van der Waals surface area contributed by atoms with Crippen LogP contribution in [0.15, 0.2) is 59.5 Å². The average Bonchev–Trinajstić information content (AvgIpc) is 2.53. The van der Waals surface area contributed by atoms with Gasteiger partial charge in [-0.15, -0.1) is 0 Å². The van der Waals surface area contributed by atoms with Crippen molar-refractivity contribution in [3.63, 3.8) is 0 Å². The predicted octanol–water partition coefficient (Wildman–Crippen LogP) is 4.07. The average molecular weight is 370 g/mol. The standard InChI is InChI=1S/C18H17F3O3S/c1-13-7-9-14(10-8-13)17(18(19,20)21)11-15(22)12-25(23,24)16-5-3-2-4-6-16/h2-10,17H,11-12H2,1H3. The maximum atomic E-state index is 13.3. The van der Waals surface area contributed by atoms with Crippen molar-refractivity contribution >= 4 is 15.6 Å². The Kier molecular flexibility index (Phi) is 5.67. The molecule has 7 heteroatoms. The molecule has 0 aromatic heterocycles. The van der Waals surface area contributed by atoms with Crippen LogP contribution in [0.25, 0.3) is 0 Å². The number of halogens is 3. The zero-order valence-electron chi connectivity index (χ0n) is 13.5. The number of Topliss-reactive ketones (excluding diaryl/α,β-unsaturated/α-hetero) is 1. The predicted molar refractivity (Wildman–Crippen MR) is 88.1 cm³/mol. The number of carbonyl (C=O) groups excluding carboxylic acids is 1. The van der Waals surface area contributed by atoms with Crippen LogP contribution in [0.1, 0.15) is 23.5 Å². The van der Waals surface area contributed by atoms with Crippen LogP contribution in [0.2, 0.25) is 0 Å². The van der Waals surface area contributed by atoms with Gasteiger partial charge in [-0.2, -0.15) is 13.2 Å². The van der Waals surface area contributed by atoms with Crippen molar-refractivity contribution in [3.8, 4) is 0 Å². The van der Waals surface area contributed by atoms with E-state index in [4.69, 9.17) is 0 Å². The lowest BCUT2D eigenvalue weighted by atomic mass is 9.93. The highest BCUT2D eigenvalue weighted by atomic mass is 32.2. The van der Waals surface area contributed by atoms with Crippen molar-refractivity contribution < 1.29 is 26.4 Å². The normalized spacial score (nSPS) is 13.4. The summed E-state index contributed by atoms with van der Waals surface area (Å²) in [6.07, 6.45) is -5.54. The van der Waals surface area contributed by atoms with Crippen LogP contribution in [-0.2, 0) is 14.6 Å². The second kappa shape index (κ2) is 7.39. The summed E-state index contributed by atoms with van der Waals surface area (Å²) in [7, 11) is -3.96. The summed E-state index contributed by atoms with van der Waals surface area (Å²) in [4.78, 5) is 12.0. The van der Waals surface area contributed by atoms with Gasteiger partial charge in [0.05, 0.1) is 10.8 Å². The molecule has 0 saturated carbocycles. The number of aryl methyl sites for hydroxylation is 1. The third-order valence-electron chi connectivity index (χ3n) is 3.76. The zero-order valence-corrected chi connectivity index (χ0v) is 14.3. The molecule has 25 heavy (non-hydrogen) atoms. The number of rotatable bonds is 6.